The first-order valence-corrected chi connectivity index (χ1v) is 18.2. The van der Waals surface area contributed by atoms with Gasteiger partial charge in [-0.3, -0.25) is 19.6 Å². The van der Waals surface area contributed by atoms with Gasteiger partial charge in [-0.25, -0.2) is 8.42 Å². The Morgan fingerprint density at radius 1 is 1.00 bits per heavy atom. The Morgan fingerprint density at radius 2 is 1.64 bits per heavy atom. The predicted molar refractivity (Wildman–Crippen MR) is 174 cm³/mol. The van der Waals surface area contributed by atoms with E-state index in [4.69, 9.17) is 4.74 Å². The number of sulfone groups is 1. The van der Waals surface area contributed by atoms with Gasteiger partial charge in [-0.05, 0) is 68.3 Å². The number of carbonyl (C=O) groups is 1. The van der Waals surface area contributed by atoms with E-state index >= 15 is 0 Å². The highest BCUT2D eigenvalue weighted by Gasteiger charge is 2.47. The normalized spacial score (nSPS) is 15.5. The number of morpholine rings is 1. The Morgan fingerprint density at radius 3 is 2.30 bits per heavy atom. The molecule has 14 heteroatoms. The zero-order valence-corrected chi connectivity index (χ0v) is 27.9. The topological polar surface area (TPSA) is 148 Å². The Hall–Kier alpha value is -4.10. The van der Waals surface area contributed by atoms with Gasteiger partial charge in [0, 0.05) is 48.9 Å². The maximum absolute atomic E-state index is 13.2. The van der Waals surface area contributed by atoms with Gasteiger partial charge in [-0.2, -0.15) is 13.5 Å². The fraction of sp³-hybridized carbons (Fsp3) is 0.333. The molecule has 1 atom stereocenters. The van der Waals surface area contributed by atoms with Crippen LogP contribution in [0.3, 0.4) is 0 Å². The highest BCUT2D eigenvalue weighted by molar-refractivity contribution is 7.92. The lowest BCUT2D eigenvalue weighted by Crippen LogP contribution is -2.51. The van der Waals surface area contributed by atoms with Gasteiger partial charge in [-0.1, -0.05) is 46.9 Å². The van der Waals surface area contributed by atoms with Crippen LogP contribution < -0.4 is 0 Å². The third-order valence-electron chi connectivity index (χ3n) is 8.18. The van der Waals surface area contributed by atoms with E-state index in [1.165, 1.54) is 34.5 Å². The third kappa shape index (κ3) is 8.07. The van der Waals surface area contributed by atoms with E-state index in [2.05, 4.69) is 38.3 Å². The molecule has 47 heavy (non-hydrogen) atoms. The molecule has 248 valence electrons. The Kier molecular flexibility index (Phi) is 10.2. The van der Waals surface area contributed by atoms with Crippen molar-refractivity contribution in [3.05, 3.63) is 95.2 Å². The molecule has 1 aliphatic rings. The van der Waals surface area contributed by atoms with Crippen LogP contribution in [-0.4, -0.2) is 85.2 Å². The van der Waals surface area contributed by atoms with Gasteiger partial charge in [-0.15, -0.1) is 4.28 Å². The first-order chi connectivity index (χ1) is 22.2. The summed E-state index contributed by atoms with van der Waals surface area (Å²) in [6.07, 6.45) is 2.10. The van der Waals surface area contributed by atoms with Crippen LogP contribution in [0.1, 0.15) is 35.6 Å². The molecule has 12 nitrogen and oxygen atoms in total. The highest BCUT2D eigenvalue weighted by atomic mass is 32.2. The fourth-order valence-corrected chi connectivity index (χ4v) is 6.71. The molecule has 0 bridgehead atoms. The van der Waals surface area contributed by atoms with Gasteiger partial charge < -0.3 is 4.74 Å². The first-order valence-electron chi connectivity index (χ1n) is 14.9. The maximum atomic E-state index is 13.2. The average molecular weight is 681 g/mol. The van der Waals surface area contributed by atoms with E-state index in [9.17, 15) is 26.8 Å². The molecule has 1 saturated heterocycles. The van der Waals surface area contributed by atoms with Crippen molar-refractivity contribution in [3.8, 4) is 11.8 Å². The SMILES string of the molecule is Cc1ccc(S(=O)(=O)ON(O)C(=O)[C@@](C)(CCn2ncc3cc(C#Cc4ccc(CN5CCOCC5)cc4)ccc32)S(C)(=O)=O)cc1. The minimum absolute atomic E-state index is 0.0425. The van der Waals surface area contributed by atoms with Crippen LogP contribution in [0.15, 0.2) is 77.8 Å². The first kappa shape index (κ1) is 34.2. The molecule has 5 rings (SSSR count). The second-order valence-electron chi connectivity index (χ2n) is 11.6. The number of hydrogen-bond donors (Lipinski definition) is 1. The van der Waals surface area contributed by atoms with Crippen molar-refractivity contribution in [1.29, 1.82) is 0 Å². The molecule has 1 aromatic heterocycles. The van der Waals surface area contributed by atoms with E-state index in [0.717, 1.165) is 68.1 Å². The Labute approximate surface area is 274 Å². The number of aryl methyl sites for hydroxylation is 2. The van der Waals surface area contributed by atoms with Crippen LogP contribution in [0.4, 0.5) is 0 Å². The largest absolute Gasteiger partial charge is 0.379 e. The second kappa shape index (κ2) is 13.9. The van der Waals surface area contributed by atoms with Gasteiger partial charge in [0.05, 0.1) is 29.8 Å². The summed E-state index contributed by atoms with van der Waals surface area (Å²) < 4.78 is 60.1. The highest BCUT2D eigenvalue weighted by Crippen LogP contribution is 2.27. The van der Waals surface area contributed by atoms with Gasteiger partial charge in [0.15, 0.2) is 14.6 Å². The van der Waals surface area contributed by atoms with E-state index in [1.807, 2.05) is 24.3 Å². The van der Waals surface area contributed by atoms with Gasteiger partial charge in [0.1, 0.15) is 0 Å². The molecular formula is C33H36N4O8S2. The summed E-state index contributed by atoms with van der Waals surface area (Å²) in [4.78, 5) is 15.2. The molecule has 1 fully saturated rings. The third-order valence-corrected chi connectivity index (χ3v) is 11.4. The minimum atomic E-state index is -4.62. The van der Waals surface area contributed by atoms with Crippen LogP contribution in [0.2, 0.25) is 0 Å². The van der Waals surface area contributed by atoms with Crippen LogP contribution >= 0.6 is 0 Å². The van der Waals surface area contributed by atoms with Crippen LogP contribution in [0.25, 0.3) is 10.9 Å². The number of ether oxygens (including phenoxy) is 1. The summed E-state index contributed by atoms with van der Waals surface area (Å²) in [5.41, 5.74) is 4.30. The standard InChI is InChI=1S/C33H36N4O8S2/c1-25-4-13-30(14-5-25)47(42,43)45-37(39)32(38)33(2,46(3,40)41)16-17-36-31-15-12-27(22-29(31)23-34-36)9-6-26-7-10-28(11-8-26)24-35-18-20-44-21-19-35/h4-5,7-8,10-15,22-23,39H,16-21,24H2,1-3H3/t33-/m1/s1. The average Bonchev–Trinajstić information content (AvgIpc) is 3.45. The van der Waals surface area contributed by atoms with Crippen LogP contribution in [0, 0.1) is 18.8 Å². The number of benzene rings is 3. The smallest absolute Gasteiger partial charge is 0.319 e. The van der Waals surface area contributed by atoms with Crippen LogP contribution in [0.5, 0.6) is 0 Å². The lowest BCUT2D eigenvalue weighted by Gasteiger charge is -2.28. The van der Waals surface area contributed by atoms with Crippen molar-refractivity contribution in [2.45, 2.75) is 43.0 Å². The van der Waals surface area contributed by atoms with E-state index < -0.39 is 35.8 Å². The van der Waals surface area contributed by atoms with Gasteiger partial charge in [0.25, 0.3) is 5.91 Å². The fourth-order valence-electron chi connectivity index (χ4n) is 5.05. The van der Waals surface area contributed by atoms with Gasteiger partial charge >= 0.3 is 10.1 Å². The summed E-state index contributed by atoms with van der Waals surface area (Å²) in [5.74, 6) is 4.89. The number of rotatable bonds is 10. The molecule has 0 unspecified atom stereocenters. The monoisotopic (exact) mass is 680 g/mol. The maximum Gasteiger partial charge on any atom is 0.319 e. The molecule has 0 aliphatic carbocycles. The molecule has 1 N–H and O–H groups in total. The lowest BCUT2D eigenvalue weighted by atomic mass is 10.1. The number of carbonyl (C=O) groups excluding carboxylic acids is 1. The molecular weight excluding hydrogens is 645 g/mol. The molecule has 0 spiro atoms. The lowest BCUT2D eigenvalue weighted by molar-refractivity contribution is -0.264. The summed E-state index contributed by atoms with van der Waals surface area (Å²) in [7, 11) is -8.81. The number of fused-ring (bicyclic) bond motifs is 1. The molecule has 0 radical (unpaired) electrons. The van der Waals surface area contributed by atoms with Crippen molar-refractivity contribution >= 4 is 36.8 Å². The van der Waals surface area contributed by atoms with Crippen LogP contribution in [-0.2, 0) is 46.9 Å². The van der Waals surface area contributed by atoms with Crippen molar-refractivity contribution in [2.75, 3.05) is 32.6 Å². The second-order valence-corrected chi connectivity index (χ2v) is 15.6. The summed E-state index contributed by atoms with van der Waals surface area (Å²) in [6.45, 7) is 7.05. The number of aromatic nitrogens is 2. The molecule has 4 aromatic rings. The molecule has 3 aromatic carbocycles. The quantitative estimate of drug-likeness (QED) is 0.150. The van der Waals surface area contributed by atoms with E-state index in [1.54, 1.807) is 19.2 Å². The Balaban J connectivity index is 1.26. The number of nitrogens with zero attached hydrogens (tertiary/aromatic N) is 4. The van der Waals surface area contributed by atoms with Crippen molar-refractivity contribution < 1.29 is 35.9 Å². The molecule has 1 aliphatic heterocycles. The van der Waals surface area contributed by atoms with Crippen molar-refractivity contribution in [3.63, 3.8) is 0 Å². The number of hydrogen-bond acceptors (Lipinski definition) is 10. The summed E-state index contributed by atoms with van der Waals surface area (Å²) >= 11 is 0. The van der Waals surface area contributed by atoms with Crippen molar-refractivity contribution in [1.82, 2.24) is 19.9 Å². The minimum Gasteiger partial charge on any atom is -0.379 e. The number of amides is 1. The van der Waals surface area contributed by atoms with Crippen molar-refractivity contribution in [2.24, 2.45) is 0 Å². The molecule has 2 heterocycles. The predicted octanol–water partition coefficient (Wildman–Crippen LogP) is 3.31. The summed E-state index contributed by atoms with van der Waals surface area (Å²) in [5, 5.41) is 14.9. The zero-order valence-electron chi connectivity index (χ0n) is 26.3. The summed E-state index contributed by atoms with van der Waals surface area (Å²) in [6, 6.07) is 19.1. The number of hydroxylamine groups is 2. The zero-order chi connectivity index (χ0) is 33.8. The van der Waals surface area contributed by atoms with E-state index in [0.29, 0.717) is 5.52 Å². The Bertz CT molecular complexity index is 2030. The molecule has 0 saturated carbocycles. The molecule has 1 amide bonds. The van der Waals surface area contributed by atoms with E-state index in [-0.39, 0.29) is 17.9 Å². The van der Waals surface area contributed by atoms with Gasteiger partial charge in [0.2, 0.25) is 0 Å².